The largest absolute Gasteiger partial charge is 0.381 e. The fourth-order valence-electron chi connectivity index (χ4n) is 1.99. The predicted octanol–water partition coefficient (Wildman–Crippen LogP) is 4.93. The first-order valence-electron chi connectivity index (χ1n) is 8.50. The number of urea groups is 1. The molecule has 1 aromatic carbocycles. The summed E-state index contributed by atoms with van der Waals surface area (Å²) in [6.07, 6.45) is 3.05. The van der Waals surface area contributed by atoms with Gasteiger partial charge in [-0.05, 0) is 44.0 Å². The Morgan fingerprint density at radius 2 is 2.00 bits per heavy atom. The zero-order valence-electron chi connectivity index (χ0n) is 14.7. The van der Waals surface area contributed by atoms with Crippen molar-refractivity contribution >= 4 is 34.8 Å². The highest BCUT2D eigenvalue weighted by atomic mass is 32.2. The highest BCUT2D eigenvalue weighted by molar-refractivity contribution is 8.01. The number of unbranched alkanes of at least 4 members (excludes halogenated alkanes) is 1. The summed E-state index contributed by atoms with van der Waals surface area (Å²) in [5, 5.41) is 7.71. The highest BCUT2D eigenvalue weighted by Crippen LogP contribution is 2.30. The van der Waals surface area contributed by atoms with Crippen LogP contribution in [0.4, 0.5) is 10.5 Å². The number of aryl methyl sites for hydroxylation is 1. The lowest BCUT2D eigenvalue weighted by Gasteiger charge is -2.08. The molecule has 0 unspecified atom stereocenters. The molecule has 0 spiro atoms. The van der Waals surface area contributed by atoms with Crippen LogP contribution in [0.15, 0.2) is 38.9 Å². The fourth-order valence-corrected chi connectivity index (χ4v) is 3.80. The number of thiazole rings is 1. The number of amides is 2. The van der Waals surface area contributed by atoms with E-state index in [0.717, 1.165) is 46.5 Å². The average Bonchev–Trinajstić information content (AvgIpc) is 3.01. The first-order valence-corrected chi connectivity index (χ1v) is 10.2. The molecular weight excluding hydrogens is 354 g/mol. The molecule has 0 aliphatic heterocycles. The molecular formula is C18H25N3O2S2. The lowest BCUT2D eigenvalue weighted by Crippen LogP contribution is -2.30. The highest BCUT2D eigenvalue weighted by Gasteiger charge is 2.04. The summed E-state index contributed by atoms with van der Waals surface area (Å²) < 4.78 is 6.48. The van der Waals surface area contributed by atoms with Crippen LogP contribution in [-0.4, -0.2) is 30.8 Å². The topological polar surface area (TPSA) is 63.2 Å². The zero-order valence-corrected chi connectivity index (χ0v) is 16.3. The third-order valence-electron chi connectivity index (χ3n) is 3.31. The molecule has 0 atom stereocenters. The fraction of sp³-hybridized carbons (Fsp3) is 0.444. The molecule has 0 aliphatic rings. The average molecular weight is 380 g/mol. The Bertz CT molecular complexity index is 644. The Balaban J connectivity index is 1.65. The first-order chi connectivity index (χ1) is 12.2. The van der Waals surface area contributed by atoms with Crippen LogP contribution in [0.2, 0.25) is 0 Å². The number of hydrogen-bond acceptors (Lipinski definition) is 5. The van der Waals surface area contributed by atoms with E-state index in [-0.39, 0.29) is 6.03 Å². The molecule has 25 heavy (non-hydrogen) atoms. The number of hydrogen-bond donors (Lipinski definition) is 2. The second kappa shape index (κ2) is 11.1. The summed E-state index contributed by atoms with van der Waals surface area (Å²) >= 11 is 3.26. The number of nitrogens with zero attached hydrogens (tertiary/aromatic N) is 1. The van der Waals surface area contributed by atoms with Crippen LogP contribution >= 0.6 is 23.1 Å². The molecule has 2 rings (SSSR count). The third kappa shape index (κ3) is 7.90. The van der Waals surface area contributed by atoms with Crippen LogP contribution in [0.5, 0.6) is 0 Å². The molecule has 1 heterocycles. The lowest BCUT2D eigenvalue weighted by atomic mass is 10.3. The van der Waals surface area contributed by atoms with Gasteiger partial charge >= 0.3 is 6.03 Å². The molecule has 136 valence electrons. The number of aromatic nitrogens is 1. The summed E-state index contributed by atoms with van der Waals surface area (Å²) in [5.41, 5.74) is 1.81. The van der Waals surface area contributed by atoms with Crippen molar-refractivity contribution in [1.29, 1.82) is 0 Å². The SMILES string of the molecule is CCCCOCCCNC(=O)Nc1ccc(Sc2nc(C)cs2)cc1. The van der Waals surface area contributed by atoms with Gasteiger partial charge in [-0.15, -0.1) is 11.3 Å². The molecule has 2 amide bonds. The number of ether oxygens (including phenoxy) is 1. The summed E-state index contributed by atoms with van der Waals surface area (Å²) in [4.78, 5) is 17.4. The van der Waals surface area contributed by atoms with Gasteiger partial charge in [0, 0.05) is 41.4 Å². The van der Waals surface area contributed by atoms with E-state index in [1.165, 1.54) is 0 Å². The van der Waals surface area contributed by atoms with E-state index in [0.29, 0.717) is 13.2 Å². The van der Waals surface area contributed by atoms with Crippen LogP contribution in [0, 0.1) is 6.92 Å². The lowest BCUT2D eigenvalue weighted by molar-refractivity contribution is 0.129. The van der Waals surface area contributed by atoms with Crippen LogP contribution in [0.25, 0.3) is 0 Å². The maximum atomic E-state index is 11.8. The van der Waals surface area contributed by atoms with E-state index in [2.05, 4.69) is 22.5 Å². The van der Waals surface area contributed by atoms with Gasteiger partial charge in [0.15, 0.2) is 4.34 Å². The summed E-state index contributed by atoms with van der Waals surface area (Å²) in [5.74, 6) is 0. The molecule has 1 aromatic heterocycles. The smallest absolute Gasteiger partial charge is 0.319 e. The van der Waals surface area contributed by atoms with E-state index in [1.54, 1.807) is 23.1 Å². The van der Waals surface area contributed by atoms with Gasteiger partial charge in [0.25, 0.3) is 0 Å². The molecule has 7 heteroatoms. The number of anilines is 1. The van der Waals surface area contributed by atoms with Gasteiger partial charge in [-0.2, -0.15) is 0 Å². The molecule has 0 bridgehead atoms. The Morgan fingerprint density at radius 1 is 1.24 bits per heavy atom. The minimum absolute atomic E-state index is 0.190. The number of benzene rings is 1. The van der Waals surface area contributed by atoms with Crippen molar-refractivity contribution in [2.75, 3.05) is 25.1 Å². The van der Waals surface area contributed by atoms with Crippen molar-refractivity contribution < 1.29 is 9.53 Å². The molecule has 2 N–H and O–H groups in total. The maximum Gasteiger partial charge on any atom is 0.319 e. The van der Waals surface area contributed by atoms with Gasteiger partial charge in [0.05, 0.1) is 0 Å². The van der Waals surface area contributed by atoms with Crippen molar-refractivity contribution in [3.63, 3.8) is 0 Å². The Hall–Kier alpha value is -1.57. The molecule has 0 saturated carbocycles. The van der Waals surface area contributed by atoms with Crippen molar-refractivity contribution in [2.24, 2.45) is 0 Å². The van der Waals surface area contributed by atoms with Crippen LogP contribution in [0.3, 0.4) is 0 Å². The predicted molar refractivity (Wildman–Crippen MR) is 105 cm³/mol. The quantitative estimate of drug-likeness (QED) is 0.575. The van der Waals surface area contributed by atoms with E-state index < -0.39 is 0 Å². The zero-order chi connectivity index (χ0) is 17.9. The van der Waals surface area contributed by atoms with Crippen molar-refractivity contribution in [3.8, 4) is 0 Å². The standard InChI is InChI=1S/C18H25N3O2S2/c1-3-4-11-23-12-5-10-19-17(22)21-15-6-8-16(9-7-15)25-18-20-14(2)13-24-18/h6-9,13H,3-5,10-12H2,1-2H3,(H2,19,21,22). The summed E-state index contributed by atoms with van der Waals surface area (Å²) in [6, 6.07) is 7.58. The van der Waals surface area contributed by atoms with Crippen molar-refractivity contribution in [2.45, 2.75) is 42.3 Å². The number of carbonyl (C=O) groups excluding carboxylic acids is 1. The molecule has 0 saturated heterocycles. The third-order valence-corrected chi connectivity index (χ3v) is 5.37. The Morgan fingerprint density at radius 3 is 2.68 bits per heavy atom. The van der Waals surface area contributed by atoms with Gasteiger partial charge in [0.1, 0.15) is 0 Å². The second-order valence-corrected chi connectivity index (χ2v) is 7.76. The van der Waals surface area contributed by atoms with Gasteiger partial charge < -0.3 is 15.4 Å². The minimum Gasteiger partial charge on any atom is -0.381 e. The van der Waals surface area contributed by atoms with Crippen LogP contribution < -0.4 is 10.6 Å². The van der Waals surface area contributed by atoms with Crippen LogP contribution in [0.1, 0.15) is 31.9 Å². The first kappa shape index (κ1) is 19.8. The molecule has 0 aliphatic carbocycles. The number of rotatable bonds is 10. The Labute approximate surface area is 157 Å². The van der Waals surface area contributed by atoms with E-state index in [1.807, 2.05) is 36.6 Å². The van der Waals surface area contributed by atoms with Crippen molar-refractivity contribution in [1.82, 2.24) is 10.3 Å². The van der Waals surface area contributed by atoms with Crippen LogP contribution in [-0.2, 0) is 4.74 Å². The van der Waals surface area contributed by atoms with Gasteiger partial charge in [-0.3, -0.25) is 0 Å². The monoisotopic (exact) mass is 379 g/mol. The number of carbonyl (C=O) groups is 1. The normalized spacial score (nSPS) is 10.6. The summed E-state index contributed by atoms with van der Waals surface area (Å²) in [7, 11) is 0. The van der Waals surface area contributed by atoms with E-state index >= 15 is 0 Å². The minimum atomic E-state index is -0.190. The molecule has 0 radical (unpaired) electrons. The molecule has 5 nitrogen and oxygen atoms in total. The van der Waals surface area contributed by atoms with Gasteiger partial charge in [-0.25, -0.2) is 9.78 Å². The number of nitrogens with one attached hydrogen (secondary N) is 2. The maximum absolute atomic E-state index is 11.8. The second-order valence-electron chi connectivity index (χ2n) is 5.58. The summed E-state index contributed by atoms with van der Waals surface area (Å²) in [6.45, 7) is 6.22. The Kier molecular flexibility index (Phi) is 8.79. The molecule has 2 aromatic rings. The van der Waals surface area contributed by atoms with E-state index in [9.17, 15) is 4.79 Å². The molecule has 0 fully saturated rings. The van der Waals surface area contributed by atoms with Gasteiger partial charge in [0.2, 0.25) is 0 Å². The van der Waals surface area contributed by atoms with Crippen molar-refractivity contribution in [3.05, 3.63) is 35.3 Å². The van der Waals surface area contributed by atoms with Gasteiger partial charge in [-0.1, -0.05) is 25.1 Å². The van der Waals surface area contributed by atoms with E-state index in [4.69, 9.17) is 4.74 Å².